The average Bonchev–Trinajstić information content (AvgIpc) is 2.15. The zero-order valence-electron chi connectivity index (χ0n) is 5.96. The van der Waals surface area contributed by atoms with Crippen molar-refractivity contribution in [3.63, 3.8) is 0 Å². The van der Waals surface area contributed by atoms with Crippen LogP contribution in [-0.2, 0) is 9.47 Å². The molecule has 1 aliphatic heterocycles. The van der Waals surface area contributed by atoms with Crippen LogP contribution < -0.4 is 0 Å². The summed E-state index contributed by atoms with van der Waals surface area (Å²) in [6.07, 6.45) is 0.292. The Morgan fingerprint density at radius 3 is 2.78 bits per heavy atom. The number of rotatable bonds is 2. The quantitative estimate of drug-likeness (QED) is 0.523. The number of likely N-dealkylation sites (N-methyl/N-ethyl adjacent to an activating group) is 1. The van der Waals surface area contributed by atoms with Gasteiger partial charge in [-0.25, -0.2) is 0 Å². The van der Waals surface area contributed by atoms with E-state index >= 15 is 0 Å². The van der Waals surface area contributed by atoms with E-state index in [1.165, 1.54) is 0 Å². The van der Waals surface area contributed by atoms with Crippen LogP contribution in [0.4, 0.5) is 0 Å². The Bertz CT molecular complexity index is 79.1. The molecule has 3 heteroatoms. The monoisotopic (exact) mass is 131 g/mol. The molecule has 1 saturated heterocycles. The molecule has 54 valence electrons. The van der Waals surface area contributed by atoms with Crippen molar-refractivity contribution in [3.05, 3.63) is 0 Å². The van der Waals surface area contributed by atoms with Gasteiger partial charge in [0.1, 0.15) is 6.79 Å². The van der Waals surface area contributed by atoms with Crippen LogP contribution in [-0.4, -0.2) is 45.0 Å². The normalized spacial score (nSPS) is 27.7. The molecule has 0 aromatic heterocycles. The van der Waals surface area contributed by atoms with Crippen molar-refractivity contribution < 1.29 is 9.47 Å². The molecule has 1 fully saturated rings. The first-order chi connectivity index (χ1) is 4.29. The lowest BCUT2D eigenvalue weighted by atomic mass is 10.4. The van der Waals surface area contributed by atoms with E-state index < -0.39 is 0 Å². The van der Waals surface area contributed by atoms with E-state index in [0.29, 0.717) is 12.9 Å². The molecule has 0 aromatic rings. The highest BCUT2D eigenvalue weighted by Gasteiger charge is 2.15. The van der Waals surface area contributed by atoms with E-state index in [-0.39, 0.29) is 0 Å². The summed E-state index contributed by atoms with van der Waals surface area (Å²) in [4.78, 5) is 2.10. The van der Waals surface area contributed by atoms with Gasteiger partial charge >= 0.3 is 0 Å². The minimum atomic E-state index is 0.292. The maximum Gasteiger partial charge on any atom is 0.147 e. The molecule has 0 radical (unpaired) electrons. The fourth-order valence-electron chi connectivity index (χ4n) is 0.885. The molecule has 1 aliphatic rings. The van der Waals surface area contributed by atoms with Gasteiger partial charge in [-0.2, -0.15) is 0 Å². The summed E-state index contributed by atoms with van der Waals surface area (Å²) >= 11 is 0. The Hall–Kier alpha value is -0.120. The SMILES string of the molecule is CN(C)CC1COCO1. The largest absolute Gasteiger partial charge is 0.353 e. The summed E-state index contributed by atoms with van der Waals surface area (Å²) in [5.41, 5.74) is 0. The fourth-order valence-corrected chi connectivity index (χ4v) is 0.885. The molecule has 0 spiro atoms. The standard InChI is InChI=1S/C6H13NO2/c1-7(2)3-6-4-8-5-9-6/h6H,3-5H2,1-2H3. The van der Waals surface area contributed by atoms with Crippen molar-refractivity contribution in [3.8, 4) is 0 Å². The van der Waals surface area contributed by atoms with Gasteiger partial charge in [0, 0.05) is 6.54 Å². The van der Waals surface area contributed by atoms with Crippen LogP contribution in [0.2, 0.25) is 0 Å². The number of hydrogen-bond acceptors (Lipinski definition) is 3. The minimum absolute atomic E-state index is 0.292. The van der Waals surface area contributed by atoms with Gasteiger partial charge in [0.2, 0.25) is 0 Å². The van der Waals surface area contributed by atoms with Gasteiger partial charge in [-0.3, -0.25) is 0 Å². The Balaban J connectivity index is 2.11. The fraction of sp³-hybridized carbons (Fsp3) is 1.00. The third kappa shape index (κ3) is 2.30. The Kier molecular flexibility index (Phi) is 2.45. The van der Waals surface area contributed by atoms with Crippen molar-refractivity contribution >= 4 is 0 Å². The Morgan fingerprint density at radius 2 is 2.33 bits per heavy atom. The number of hydrogen-bond donors (Lipinski definition) is 0. The van der Waals surface area contributed by atoms with E-state index in [9.17, 15) is 0 Å². The predicted octanol–water partition coefficient (Wildman–Crippen LogP) is -0.0791. The maximum atomic E-state index is 5.20. The zero-order valence-corrected chi connectivity index (χ0v) is 5.96. The van der Waals surface area contributed by atoms with Crippen LogP contribution >= 0.6 is 0 Å². The second-order valence-corrected chi connectivity index (χ2v) is 2.54. The number of nitrogens with zero attached hydrogens (tertiary/aromatic N) is 1. The first-order valence-electron chi connectivity index (χ1n) is 3.13. The van der Waals surface area contributed by atoms with Crippen molar-refractivity contribution in [2.45, 2.75) is 6.10 Å². The van der Waals surface area contributed by atoms with Crippen LogP contribution in [0.1, 0.15) is 0 Å². The third-order valence-corrected chi connectivity index (χ3v) is 1.26. The lowest BCUT2D eigenvalue weighted by Gasteiger charge is -2.12. The van der Waals surface area contributed by atoms with E-state index in [1.54, 1.807) is 0 Å². The molecule has 0 amide bonds. The molecule has 0 saturated carbocycles. The van der Waals surface area contributed by atoms with Crippen LogP contribution in [0.15, 0.2) is 0 Å². The molecule has 0 aliphatic carbocycles. The Labute approximate surface area is 55.5 Å². The Morgan fingerprint density at radius 1 is 1.56 bits per heavy atom. The summed E-state index contributed by atoms with van der Waals surface area (Å²) in [6, 6.07) is 0. The van der Waals surface area contributed by atoms with Gasteiger partial charge in [-0.15, -0.1) is 0 Å². The van der Waals surface area contributed by atoms with Crippen LogP contribution in [0.3, 0.4) is 0 Å². The van der Waals surface area contributed by atoms with E-state index in [0.717, 1.165) is 13.2 Å². The lowest BCUT2D eigenvalue weighted by molar-refractivity contribution is 0.0399. The second-order valence-electron chi connectivity index (χ2n) is 2.54. The average molecular weight is 131 g/mol. The topological polar surface area (TPSA) is 21.7 Å². The van der Waals surface area contributed by atoms with Crippen molar-refractivity contribution in [1.29, 1.82) is 0 Å². The molecule has 1 unspecified atom stereocenters. The molecule has 3 nitrogen and oxygen atoms in total. The van der Waals surface area contributed by atoms with E-state index in [2.05, 4.69) is 4.90 Å². The first kappa shape index (κ1) is 6.99. The summed E-state index contributed by atoms with van der Waals surface area (Å²) in [6.45, 7) is 2.18. The van der Waals surface area contributed by atoms with Crippen LogP contribution in [0.5, 0.6) is 0 Å². The summed E-state index contributed by atoms with van der Waals surface area (Å²) in [7, 11) is 4.06. The van der Waals surface area contributed by atoms with Gasteiger partial charge in [0.25, 0.3) is 0 Å². The van der Waals surface area contributed by atoms with Gasteiger partial charge in [-0.1, -0.05) is 0 Å². The third-order valence-electron chi connectivity index (χ3n) is 1.26. The molecule has 0 bridgehead atoms. The van der Waals surface area contributed by atoms with Crippen molar-refractivity contribution in [2.24, 2.45) is 0 Å². The lowest BCUT2D eigenvalue weighted by Crippen LogP contribution is -2.27. The predicted molar refractivity (Wildman–Crippen MR) is 34.2 cm³/mol. The zero-order chi connectivity index (χ0) is 6.69. The molecular formula is C6H13NO2. The highest BCUT2D eigenvalue weighted by molar-refractivity contribution is 4.62. The van der Waals surface area contributed by atoms with Crippen molar-refractivity contribution in [2.75, 3.05) is 34.0 Å². The van der Waals surface area contributed by atoms with Crippen LogP contribution in [0, 0.1) is 0 Å². The molecule has 0 N–H and O–H groups in total. The maximum absolute atomic E-state index is 5.20. The van der Waals surface area contributed by atoms with Crippen LogP contribution in [0.25, 0.3) is 0 Å². The second kappa shape index (κ2) is 3.15. The molecule has 0 aromatic carbocycles. The molecule has 1 rings (SSSR count). The summed E-state index contributed by atoms with van der Waals surface area (Å²) in [5, 5.41) is 0. The number of ether oxygens (including phenoxy) is 2. The van der Waals surface area contributed by atoms with Gasteiger partial charge in [0.15, 0.2) is 0 Å². The minimum Gasteiger partial charge on any atom is -0.353 e. The highest BCUT2D eigenvalue weighted by Crippen LogP contribution is 2.02. The smallest absolute Gasteiger partial charge is 0.147 e. The molecule has 9 heavy (non-hydrogen) atoms. The van der Waals surface area contributed by atoms with Gasteiger partial charge in [-0.05, 0) is 14.1 Å². The van der Waals surface area contributed by atoms with E-state index in [1.807, 2.05) is 14.1 Å². The first-order valence-corrected chi connectivity index (χ1v) is 3.13. The molecular weight excluding hydrogens is 118 g/mol. The highest BCUT2D eigenvalue weighted by atomic mass is 16.7. The van der Waals surface area contributed by atoms with Gasteiger partial charge in [0.05, 0.1) is 12.7 Å². The van der Waals surface area contributed by atoms with E-state index in [4.69, 9.17) is 9.47 Å². The summed E-state index contributed by atoms with van der Waals surface area (Å²) < 4.78 is 10.2. The van der Waals surface area contributed by atoms with Gasteiger partial charge < -0.3 is 14.4 Å². The molecule has 1 heterocycles. The summed E-state index contributed by atoms with van der Waals surface area (Å²) in [5.74, 6) is 0. The van der Waals surface area contributed by atoms with Crippen molar-refractivity contribution in [1.82, 2.24) is 4.90 Å². The molecule has 1 atom stereocenters.